The first-order valence-corrected chi connectivity index (χ1v) is 8.15. The van der Waals surface area contributed by atoms with Crippen LogP contribution < -0.4 is 5.32 Å². The summed E-state index contributed by atoms with van der Waals surface area (Å²) in [4.78, 5) is 2.00. The molecule has 0 fully saturated rings. The second-order valence-corrected chi connectivity index (χ2v) is 6.53. The van der Waals surface area contributed by atoms with Crippen LogP contribution in [0.3, 0.4) is 0 Å². The van der Waals surface area contributed by atoms with Gasteiger partial charge in [-0.25, -0.2) is 0 Å². The fourth-order valence-electron chi connectivity index (χ4n) is 2.94. The van der Waals surface area contributed by atoms with Crippen molar-refractivity contribution in [3.05, 3.63) is 70.8 Å². The van der Waals surface area contributed by atoms with E-state index in [1.807, 2.05) is 25.1 Å². The molecule has 3 nitrogen and oxygen atoms in total. The summed E-state index contributed by atoms with van der Waals surface area (Å²) < 4.78 is 0. The second kappa shape index (κ2) is 8.25. The lowest BCUT2D eigenvalue weighted by atomic mass is 9.93. The number of hydrogen-bond acceptors (Lipinski definition) is 3. The van der Waals surface area contributed by atoms with Gasteiger partial charge in [0, 0.05) is 13.1 Å². The summed E-state index contributed by atoms with van der Waals surface area (Å²) >= 11 is 0. The number of nitrogens with one attached hydrogen (secondary N) is 1. The van der Waals surface area contributed by atoms with Gasteiger partial charge in [0.05, 0.1) is 12.1 Å². The van der Waals surface area contributed by atoms with Crippen LogP contribution >= 0.6 is 0 Å². The molecule has 0 amide bonds. The zero-order chi connectivity index (χ0) is 16.8. The van der Waals surface area contributed by atoms with Gasteiger partial charge in [-0.3, -0.25) is 0 Å². The zero-order valence-corrected chi connectivity index (χ0v) is 14.6. The minimum absolute atomic E-state index is 0.0913. The highest BCUT2D eigenvalue weighted by Gasteiger charge is 2.17. The van der Waals surface area contributed by atoms with Crippen molar-refractivity contribution in [2.24, 2.45) is 0 Å². The van der Waals surface area contributed by atoms with Crippen LogP contribution in [-0.2, 0) is 0 Å². The van der Waals surface area contributed by atoms with Crippen LogP contribution in [0.15, 0.2) is 48.5 Å². The molecule has 0 saturated carbocycles. The third kappa shape index (κ3) is 5.17. The SMILES string of the molecule is Cc1ccc(C(NCC(O)CN(C)C)c2ccccc2)c(C)c1. The molecule has 0 aliphatic heterocycles. The normalized spacial score (nSPS) is 14.0. The first-order valence-electron chi connectivity index (χ1n) is 8.15. The molecule has 0 heterocycles. The average Bonchev–Trinajstić information content (AvgIpc) is 2.49. The molecular formula is C20H28N2O. The largest absolute Gasteiger partial charge is 0.390 e. The number of aliphatic hydroxyl groups is 1. The van der Waals surface area contributed by atoms with Crippen molar-refractivity contribution in [2.75, 3.05) is 27.2 Å². The number of aryl methyl sites for hydroxylation is 2. The molecule has 2 rings (SSSR count). The Balaban J connectivity index is 2.22. The van der Waals surface area contributed by atoms with Crippen molar-refractivity contribution in [1.29, 1.82) is 0 Å². The molecule has 2 atom stereocenters. The van der Waals surface area contributed by atoms with E-state index in [0.29, 0.717) is 13.1 Å². The molecule has 2 aromatic carbocycles. The smallest absolute Gasteiger partial charge is 0.0791 e. The molecule has 0 bridgehead atoms. The Morgan fingerprint density at radius 1 is 1.04 bits per heavy atom. The molecule has 2 aromatic rings. The quantitative estimate of drug-likeness (QED) is 0.825. The molecular weight excluding hydrogens is 284 g/mol. The maximum absolute atomic E-state index is 10.2. The Bertz CT molecular complexity index is 610. The summed E-state index contributed by atoms with van der Waals surface area (Å²) in [6.07, 6.45) is -0.387. The van der Waals surface area contributed by atoms with E-state index in [-0.39, 0.29) is 12.1 Å². The number of rotatable bonds is 7. The van der Waals surface area contributed by atoms with Crippen LogP contribution in [0.25, 0.3) is 0 Å². The van der Waals surface area contributed by atoms with Crippen LogP contribution in [0.4, 0.5) is 0 Å². The topological polar surface area (TPSA) is 35.5 Å². The minimum Gasteiger partial charge on any atom is -0.390 e. The average molecular weight is 312 g/mol. The maximum atomic E-state index is 10.2. The Morgan fingerprint density at radius 3 is 2.35 bits per heavy atom. The van der Waals surface area contributed by atoms with E-state index in [1.165, 1.54) is 22.3 Å². The summed E-state index contributed by atoms with van der Waals surface area (Å²) in [7, 11) is 3.95. The Labute approximate surface area is 140 Å². The first-order chi connectivity index (χ1) is 11.0. The molecule has 3 heteroatoms. The Kier molecular flexibility index (Phi) is 6.34. The molecule has 124 valence electrons. The van der Waals surface area contributed by atoms with Gasteiger partial charge in [0.2, 0.25) is 0 Å². The van der Waals surface area contributed by atoms with Crippen LogP contribution in [0, 0.1) is 13.8 Å². The third-order valence-electron chi connectivity index (χ3n) is 4.00. The predicted octanol–water partition coefficient (Wildman–Crippen LogP) is 2.90. The molecule has 2 N–H and O–H groups in total. The minimum atomic E-state index is -0.387. The highest BCUT2D eigenvalue weighted by molar-refractivity contribution is 5.38. The zero-order valence-electron chi connectivity index (χ0n) is 14.6. The first kappa shape index (κ1) is 17.7. The molecule has 0 aliphatic carbocycles. The van der Waals surface area contributed by atoms with Gasteiger partial charge in [-0.2, -0.15) is 0 Å². The fourth-order valence-corrected chi connectivity index (χ4v) is 2.94. The number of nitrogens with zero attached hydrogens (tertiary/aromatic N) is 1. The van der Waals surface area contributed by atoms with Gasteiger partial charge in [0.15, 0.2) is 0 Å². The maximum Gasteiger partial charge on any atom is 0.0791 e. The van der Waals surface area contributed by atoms with Crippen LogP contribution in [-0.4, -0.2) is 43.3 Å². The number of benzene rings is 2. The molecule has 0 aromatic heterocycles. The highest BCUT2D eigenvalue weighted by atomic mass is 16.3. The van der Waals surface area contributed by atoms with E-state index >= 15 is 0 Å². The summed E-state index contributed by atoms with van der Waals surface area (Å²) in [5.74, 6) is 0. The lowest BCUT2D eigenvalue weighted by molar-refractivity contribution is 0.133. The van der Waals surface area contributed by atoms with Crippen molar-refractivity contribution in [1.82, 2.24) is 10.2 Å². The van der Waals surface area contributed by atoms with Crippen molar-refractivity contribution < 1.29 is 5.11 Å². The van der Waals surface area contributed by atoms with Gasteiger partial charge in [0.1, 0.15) is 0 Å². The monoisotopic (exact) mass is 312 g/mol. The van der Waals surface area contributed by atoms with Gasteiger partial charge in [-0.05, 0) is 44.6 Å². The molecule has 0 radical (unpaired) electrons. The van der Waals surface area contributed by atoms with E-state index in [9.17, 15) is 5.11 Å². The second-order valence-electron chi connectivity index (χ2n) is 6.53. The van der Waals surface area contributed by atoms with E-state index in [1.54, 1.807) is 0 Å². The summed E-state index contributed by atoms with van der Waals surface area (Å²) in [5.41, 5.74) is 5.02. The molecule has 2 unspecified atom stereocenters. The summed E-state index contributed by atoms with van der Waals surface area (Å²) in [5, 5.41) is 13.7. The Hall–Kier alpha value is -1.68. The third-order valence-corrected chi connectivity index (χ3v) is 4.00. The molecule has 0 spiro atoms. The van der Waals surface area contributed by atoms with Crippen molar-refractivity contribution in [2.45, 2.75) is 26.0 Å². The fraction of sp³-hybridized carbons (Fsp3) is 0.400. The van der Waals surface area contributed by atoms with Crippen molar-refractivity contribution >= 4 is 0 Å². The number of aliphatic hydroxyl groups excluding tert-OH is 1. The van der Waals surface area contributed by atoms with Crippen LogP contribution in [0.1, 0.15) is 28.3 Å². The lowest BCUT2D eigenvalue weighted by Gasteiger charge is -2.24. The van der Waals surface area contributed by atoms with Gasteiger partial charge < -0.3 is 15.3 Å². The highest BCUT2D eigenvalue weighted by Crippen LogP contribution is 2.25. The number of hydrogen-bond donors (Lipinski definition) is 2. The van der Waals surface area contributed by atoms with E-state index in [0.717, 1.165) is 0 Å². The lowest BCUT2D eigenvalue weighted by Crippen LogP contribution is -2.37. The summed E-state index contributed by atoms with van der Waals surface area (Å²) in [6, 6.07) is 17.1. The molecule has 23 heavy (non-hydrogen) atoms. The standard InChI is InChI=1S/C20H28N2O/c1-15-10-11-19(16(2)12-15)20(17-8-6-5-7-9-17)21-13-18(23)14-22(3)4/h5-12,18,20-21,23H,13-14H2,1-4H3. The van der Waals surface area contributed by atoms with Gasteiger partial charge in [0.25, 0.3) is 0 Å². The van der Waals surface area contributed by atoms with Gasteiger partial charge >= 0.3 is 0 Å². The van der Waals surface area contributed by atoms with Crippen molar-refractivity contribution in [3.8, 4) is 0 Å². The molecule has 0 aliphatic rings. The van der Waals surface area contributed by atoms with E-state index < -0.39 is 0 Å². The van der Waals surface area contributed by atoms with Gasteiger partial charge in [-0.1, -0.05) is 54.1 Å². The van der Waals surface area contributed by atoms with Crippen molar-refractivity contribution in [3.63, 3.8) is 0 Å². The van der Waals surface area contributed by atoms with E-state index in [2.05, 4.69) is 61.6 Å². The molecule has 0 saturated heterocycles. The van der Waals surface area contributed by atoms with Gasteiger partial charge in [-0.15, -0.1) is 0 Å². The Morgan fingerprint density at radius 2 is 1.74 bits per heavy atom. The van der Waals surface area contributed by atoms with Crippen LogP contribution in [0.5, 0.6) is 0 Å². The summed E-state index contributed by atoms with van der Waals surface area (Å²) in [6.45, 7) is 5.48. The number of likely N-dealkylation sites (N-methyl/N-ethyl adjacent to an activating group) is 1. The van der Waals surface area contributed by atoms with Crippen LogP contribution in [0.2, 0.25) is 0 Å². The van der Waals surface area contributed by atoms with E-state index in [4.69, 9.17) is 0 Å². The predicted molar refractivity (Wildman–Crippen MR) is 96.8 cm³/mol.